The van der Waals surface area contributed by atoms with Crippen molar-refractivity contribution in [2.75, 3.05) is 7.05 Å². The Morgan fingerprint density at radius 3 is 2.78 bits per heavy atom. The summed E-state index contributed by atoms with van der Waals surface area (Å²) in [5, 5.41) is 11.5. The van der Waals surface area contributed by atoms with Gasteiger partial charge >= 0.3 is 0 Å². The van der Waals surface area contributed by atoms with E-state index < -0.39 is 5.92 Å². The molecule has 0 saturated heterocycles. The zero-order valence-corrected chi connectivity index (χ0v) is 11.8. The number of hydrogen-bond donors (Lipinski definition) is 2. The molecule has 1 heterocycles. The molecule has 0 radical (unpaired) electrons. The molecule has 1 unspecified atom stereocenters. The van der Waals surface area contributed by atoms with Crippen molar-refractivity contribution in [1.29, 1.82) is 0 Å². The van der Waals surface area contributed by atoms with Crippen molar-refractivity contribution in [3.8, 4) is 0 Å². The fourth-order valence-corrected chi connectivity index (χ4v) is 2.74. The Labute approximate surface area is 115 Å². The third kappa shape index (κ3) is 3.61. The molecule has 5 nitrogen and oxygen atoms in total. The Hall–Kier alpha value is -1.27. The van der Waals surface area contributed by atoms with E-state index in [-0.39, 0.29) is 11.7 Å². The van der Waals surface area contributed by atoms with Gasteiger partial charge in [-0.15, -0.1) is 11.3 Å². The van der Waals surface area contributed by atoms with Crippen molar-refractivity contribution in [1.82, 2.24) is 4.90 Å². The second-order valence-corrected chi connectivity index (χ2v) is 5.69. The quantitative estimate of drug-likeness (QED) is 0.377. The highest BCUT2D eigenvalue weighted by molar-refractivity contribution is 7.16. The first-order valence-electron chi connectivity index (χ1n) is 5.46. The minimum absolute atomic E-state index is 0.0569. The van der Waals surface area contributed by atoms with Gasteiger partial charge in [-0.1, -0.05) is 23.7 Å². The number of halogens is 1. The second-order valence-electron chi connectivity index (χ2n) is 3.89. The molecular weight excluding hydrogens is 274 g/mol. The molecule has 1 amide bonds. The molecule has 0 bridgehead atoms. The summed E-state index contributed by atoms with van der Waals surface area (Å²) in [6, 6.07) is 3.67. The van der Waals surface area contributed by atoms with Gasteiger partial charge < -0.3 is 15.8 Å². The Morgan fingerprint density at radius 1 is 1.67 bits per heavy atom. The zero-order valence-electron chi connectivity index (χ0n) is 10.3. The van der Waals surface area contributed by atoms with Crippen LogP contribution >= 0.6 is 22.9 Å². The highest BCUT2D eigenvalue weighted by Crippen LogP contribution is 2.23. The molecule has 0 aliphatic heterocycles. The van der Waals surface area contributed by atoms with Crippen LogP contribution < -0.4 is 5.73 Å². The predicted octanol–water partition coefficient (Wildman–Crippen LogP) is 2.13. The van der Waals surface area contributed by atoms with E-state index in [0.29, 0.717) is 17.3 Å². The number of carbonyl (C=O) groups is 1. The number of nitrogens with zero attached hydrogens (tertiary/aromatic N) is 2. The van der Waals surface area contributed by atoms with Crippen LogP contribution in [0.1, 0.15) is 18.2 Å². The van der Waals surface area contributed by atoms with Crippen LogP contribution in [-0.2, 0) is 11.3 Å². The molecule has 1 rings (SSSR count). The zero-order chi connectivity index (χ0) is 13.7. The minimum Gasteiger partial charge on any atom is -0.409 e. The maximum Gasteiger partial charge on any atom is 0.233 e. The summed E-state index contributed by atoms with van der Waals surface area (Å²) in [6.45, 7) is 2.28. The smallest absolute Gasteiger partial charge is 0.233 e. The fraction of sp³-hybridized carbons (Fsp3) is 0.455. The number of amidine groups is 1. The SMILES string of the molecule is CCC(C(=O)N(C)Cc1ccc(Cl)s1)C(N)=NO. The average Bonchev–Trinajstić information content (AvgIpc) is 2.75. The van der Waals surface area contributed by atoms with Crippen molar-refractivity contribution >= 4 is 34.7 Å². The van der Waals surface area contributed by atoms with E-state index in [1.807, 2.05) is 13.0 Å². The fourth-order valence-electron chi connectivity index (χ4n) is 1.59. The van der Waals surface area contributed by atoms with E-state index in [1.165, 1.54) is 11.3 Å². The summed E-state index contributed by atoms with van der Waals surface area (Å²) < 4.78 is 0.689. The third-order valence-corrected chi connectivity index (χ3v) is 3.79. The van der Waals surface area contributed by atoms with Crippen molar-refractivity contribution in [2.45, 2.75) is 19.9 Å². The topological polar surface area (TPSA) is 78.9 Å². The highest BCUT2D eigenvalue weighted by Gasteiger charge is 2.24. The molecule has 0 aliphatic carbocycles. The molecule has 7 heteroatoms. The Bertz CT molecular complexity index is 447. The molecule has 0 fully saturated rings. The highest BCUT2D eigenvalue weighted by atomic mass is 35.5. The van der Waals surface area contributed by atoms with Gasteiger partial charge in [-0.2, -0.15) is 0 Å². The van der Waals surface area contributed by atoms with E-state index in [4.69, 9.17) is 22.5 Å². The predicted molar refractivity (Wildman–Crippen MR) is 73.0 cm³/mol. The lowest BCUT2D eigenvalue weighted by Gasteiger charge is -2.21. The van der Waals surface area contributed by atoms with Gasteiger partial charge in [-0.05, 0) is 18.6 Å². The van der Waals surface area contributed by atoms with Crippen molar-refractivity contribution < 1.29 is 10.0 Å². The van der Waals surface area contributed by atoms with Crippen molar-refractivity contribution in [3.63, 3.8) is 0 Å². The van der Waals surface area contributed by atoms with Crippen LogP contribution in [0, 0.1) is 5.92 Å². The van der Waals surface area contributed by atoms with Gasteiger partial charge in [0.15, 0.2) is 5.84 Å². The number of hydrogen-bond acceptors (Lipinski definition) is 4. The standard InChI is InChI=1S/C11H16ClN3O2S/c1-3-8(10(13)14-17)11(16)15(2)6-7-4-5-9(12)18-7/h4-5,8,17H,3,6H2,1-2H3,(H2,13,14). The van der Waals surface area contributed by atoms with E-state index in [9.17, 15) is 4.79 Å². The lowest BCUT2D eigenvalue weighted by molar-refractivity contribution is -0.132. The van der Waals surface area contributed by atoms with Gasteiger partial charge in [0, 0.05) is 11.9 Å². The lowest BCUT2D eigenvalue weighted by atomic mass is 10.0. The summed E-state index contributed by atoms with van der Waals surface area (Å²) in [5.74, 6) is -0.814. The van der Waals surface area contributed by atoms with E-state index in [0.717, 1.165) is 4.88 Å². The van der Waals surface area contributed by atoms with Crippen molar-refractivity contribution in [2.24, 2.45) is 16.8 Å². The monoisotopic (exact) mass is 289 g/mol. The van der Waals surface area contributed by atoms with Gasteiger partial charge in [0.1, 0.15) is 0 Å². The van der Waals surface area contributed by atoms with Gasteiger partial charge in [0.05, 0.1) is 16.8 Å². The Kier molecular flexibility index (Phi) is 5.43. The van der Waals surface area contributed by atoms with Gasteiger partial charge in [0.25, 0.3) is 0 Å². The van der Waals surface area contributed by atoms with Crippen LogP contribution in [0.15, 0.2) is 17.3 Å². The Morgan fingerprint density at radius 2 is 2.33 bits per heavy atom. The normalized spacial score (nSPS) is 13.4. The number of amides is 1. The molecule has 18 heavy (non-hydrogen) atoms. The van der Waals surface area contributed by atoms with E-state index in [2.05, 4.69) is 5.16 Å². The number of carbonyl (C=O) groups excluding carboxylic acids is 1. The molecule has 3 N–H and O–H groups in total. The average molecular weight is 290 g/mol. The van der Waals surface area contributed by atoms with Crippen LogP contribution in [-0.4, -0.2) is 28.9 Å². The van der Waals surface area contributed by atoms with Crippen molar-refractivity contribution in [3.05, 3.63) is 21.3 Å². The van der Waals surface area contributed by atoms with Gasteiger partial charge in [-0.25, -0.2) is 0 Å². The summed E-state index contributed by atoms with van der Waals surface area (Å²) in [6.07, 6.45) is 0.490. The first kappa shape index (κ1) is 14.8. The van der Waals surface area contributed by atoms with Crippen LogP contribution in [0.2, 0.25) is 4.34 Å². The van der Waals surface area contributed by atoms with Gasteiger partial charge in [0.2, 0.25) is 5.91 Å². The number of rotatable bonds is 5. The number of oxime groups is 1. The maximum atomic E-state index is 12.1. The second kappa shape index (κ2) is 6.61. The largest absolute Gasteiger partial charge is 0.409 e. The maximum absolute atomic E-state index is 12.1. The Balaban J connectivity index is 2.71. The minimum atomic E-state index is -0.588. The molecule has 1 atom stereocenters. The summed E-state index contributed by atoms with van der Waals surface area (Å²) in [5.41, 5.74) is 5.50. The molecule has 0 saturated carbocycles. The lowest BCUT2D eigenvalue weighted by Crippen LogP contribution is -2.39. The van der Waals surface area contributed by atoms with Crippen LogP contribution in [0.25, 0.3) is 0 Å². The molecular formula is C11H16ClN3O2S. The summed E-state index contributed by atoms with van der Waals surface area (Å²) >= 11 is 7.26. The van der Waals surface area contributed by atoms with Crippen LogP contribution in [0.3, 0.4) is 0 Å². The summed E-state index contributed by atoms with van der Waals surface area (Å²) in [4.78, 5) is 14.7. The number of nitrogens with two attached hydrogens (primary N) is 1. The molecule has 0 aromatic carbocycles. The van der Waals surface area contributed by atoms with E-state index in [1.54, 1.807) is 18.0 Å². The molecule has 0 aliphatic rings. The molecule has 0 spiro atoms. The first-order valence-corrected chi connectivity index (χ1v) is 6.65. The third-order valence-electron chi connectivity index (χ3n) is 2.58. The van der Waals surface area contributed by atoms with Crippen LogP contribution in [0.4, 0.5) is 0 Å². The summed E-state index contributed by atoms with van der Waals surface area (Å²) in [7, 11) is 1.68. The molecule has 1 aromatic rings. The molecule has 1 aromatic heterocycles. The number of thiophene rings is 1. The van der Waals surface area contributed by atoms with Gasteiger partial charge in [-0.3, -0.25) is 4.79 Å². The van der Waals surface area contributed by atoms with Crippen LogP contribution in [0.5, 0.6) is 0 Å². The molecule has 100 valence electrons. The first-order chi connectivity index (χ1) is 8.49. The van der Waals surface area contributed by atoms with E-state index >= 15 is 0 Å².